The highest BCUT2D eigenvalue weighted by Gasteiger charge is 2.38. The zero-order valence-corrected chi connectivity index (χ0v) is 16.7. The Morgan fingerprint density at radius 2 is 1.67 bits per heavy atom. The minimum absolute atomic E-state index is 0.136. The first-order valence-electron chi connectivity index (χ1n) is 9.67. The van der Waals surface area contributed by atoms with Gasteiger partial charge in [-0.15, -0.1) is 0 Å². The summed E-state index contributed by atoms with van der Waals surface area (Å²) in [4.78, 5) is 53.7. The van der Waals surface area contributed by atoms with Crippen LogP contribution in [0.4, 0.5) is 15.9 Å². The lowest BCUT2D eigenvalue weighted by atomic mass is 9.98. The summed E-state index contributed by atoms with van der Waals surface area (Å²) in [6, 6.07) is 6.20. The molecule has 1 fully saturated rings. The zero-order valence-electron chi connectivity index (χ0n) is 16.7. The van der Waals surface area contributed by atoms with Crippen molar-refractivity contribution in [3.8, 4) is 0 Å². The van der Waals surface area contributed by atoms with Crippen LogP contribution in [0.5, 0.6) is 0 Å². The van der Waals surface area contributed by atoms with Crippen LogP contribution in [0, 0.1) is 5.82 Å². The number of fused-ring (bicyclic) bond motifs is 1. The van der Waals surface area contributed by atoms with Gasteiger partial charge in [-0.2, -0.15) is 0 Å². The Morgan fingerprint density at radius 1 is 1.03 bits per heavy atom. The third-order valence-electron chi connectivity index (χ3n) is 5.81. The summed E-state index contributed by atoms with van der Waals surface area (Å²) in [6.07, 6.45) is -0.136. The molecule has 0 aliphatic carbocycles. The molecule has 9 nitrogen and oxygen atoms in total. The van der Waals surface area contributed by atoms with Crippen LogP contribution in [0.1, 0.15) is 17.9 Å². The van der Waals surface area contributed by atoms with E-state index < -0.39 is 23.1 Å². The summed E-state index contributed by atoms with van der Waals surface area (Å²) in [7, 11) is 2.82. The Kier molecular flexibility index (Phi) is 4.92. The number of halogens is 1. The number of piperazine rings is 1. The third kappa shape index (κ3) is 3.27. The first-order valence-corrected chi connectivity index (χ1v) is 9.67. The second kappa shape index (κ2) is 7.43. The minimum Gasteiger partial charge on any atom is -0.368 e. The Balaban J connectivity index is 1.47. The van der Waals surface area contributed by atoms with Crippen molar-refractivity contribution in [2.24, 2.45) is 14.1 Å². The highest BCUT2D eigenvalue weighted by atomic mass is 19.1. The normalized spacial score (nSPS) is 18.4. The van der Waals surface area contributed by atoms with Gasteiger partial charge in [-0.25, -0.2) is 9.18 Å². The Hall–Kier alpha value is -3.43. The molecule has 1 saturated heterocycles. The maximum atomic E-state index is 13.1. The first-order chi connectivity index (χ1) is 14.3. The lowest BCUT2D eigenvalue weighted by Crippen LogP contribution is -2.49. The molecule has 0 unspecified atom stereocenters. The number of hydrogen-bond acceptors (Lipinski definition) is 5. The fourth-order valence-corrected chi connectivity index (χ4v) is 4.03. The Morgan fingerprint density at radius 3 is 2.30 bits per heavy atom. The molecule has 0 radical (unpaired) electrons. The second-order valence-electron chi connectivity index (χ2n) is 7.56. The van der Waals surface area contributed by atoms with Crippen LogP contribution in [0.3, 0.4) is 0 Å². The highest BCUT2D eigenvalue weighted by molar-refractivity contribution is 6.04. The zero-order chi connectivity index (χ0) is 21.6. The van der Waals surface area contributed by atoms with Crippen molar-refractivity contribution < 1.29 is 14.0 Å². The Bertz CT molecular complexity index is 1130. The number of amides is 2. The maximum Gasteiger partial charge on any atom is 0.332 e. The molecule has 1 N–H and O–H groups in total. The quantitative estimate of drug-likeness (QED) is 0.761. The van der Waals surface area contributed by atoms with E-state index >= 15 is 0 Å². The largest absolute Gasteiger partial charge is 0.368 e. The number of carbonyl (C=O) groups is 2. The number of carbonyl (C=O) groups excluding carboxylic acids is 2. The molecule has 10 heteroatoms. The van der Waals surface area contributed by atoms with Gasteiger partial charge in [0.25, 0.3) is 5.56 Å². The summed E-state index contributed by atoms with van der Waals surface area (Å²) in [5.74, 6) is -1.74. The topological polar surface area (TPSA) is 96.7 Å². The number of rotatable bonds is 3. The molecule has 2 aliphatic rings. The average Bonchev–Trinajstić information content (AvgIpc) is 3.07. The van der Waals surface area contributed by atoms with Crippen molar-refractivity contribution in [3.63, 3.8) is 0 Å². The van der Waals surface area contributed by atoms with Gasteiger partial charge in [0.1, 0.15) is 11.6 Å². The lowest BCUT2D eigenvalue weighted by Gasteiger charge is -2.36. The molecule has 1 atom stereocenters. The van der Waals surface area contributed by atoms with Crippen molar-refractivity contribution in [2.45, 2.75) is 12.3 Å². The van der Waals surface area contributed by atoms with Crippen LogP contribution >= 0.6 is 0 Å². The molecular weight excluding hydrogens is 393 g/mol. The standard InChI is InChI=1S/C20H22FN5O4/c1-23-17-16(19(29)24(2)20(23)30)14(18(28)22-17)11-15(27)26-9-7-25(8-10-26)13-5-3-12(21)4-6-13/h3-6,14H,7-11H2,1-2H3,(H,22,28)/t14-/m0/s1. The fraction of sp³-hybridized carbons (Fsp3) is 0.400. The molecule has 4 rings (SSSR count). The second-order valence-corrected chi connectivity index (χ2v) is 7.56. The molecule has 2 aromatic rings. The predicted octanol–water partition coefficient (Wildman–Crippen LogP) is -0.00230. The van der Waals surface area contributed by atoms with Gasteiger partial charge in [-0.3, -0.25) is 23.5 Å². The summed E-state index contributed by atoms with van der Waals surface area (Å²) in [5.41, 5.74) is -0.0618. The molecule has 3 heterocycles. The summed E-state index contributed by atoms with van der Waals surface area (Å²) >= 11 is 0. The number of hydrogen-bond donors (Lipinski definition) is 1. The first kappa shape index (κ1) is 19.9. The lowest BCUT2D eigenvalue weighted by molar-refractivity contribution is -0.133. The van der Waals surface area contributed by atoms with E-state index in [0.717, 1.165) is 10.3 Å². The van der Waals surface area contributed by atoms with E-state index in [1.54, 1.807) is 17.0 Å². The molecule has 1 aromatic heterocycles. The van der Waals surface area contributed by atoms with Crippen LogP contribution in [-0.2, 0) is 23.7 Å². The van der Waals surface area contributed by atoms with E-state index in [1.165, 1.54) is 30.8 Å². The Labute approximate surface area is 171 Å². The molecule has 0 spiro atoms. The number of anilines is 2. The predicted molar refractivity (Wildman–Crippen MR) is 108 cm³/mol. The van der Waals surface area contributed by atoms with Crippen LogP contribution in [0.2, 0.25) is 0 Å². The number of aromatic nitrogens is 2. The van der Waals surface area contributed by atoms with Gasteiger partial charge in [0.2, 0.25) is 11.8 Å². The van der Waals surface area contributed by atoms with E-state index in [1.807, 2.05) is 0 Å². The maximum absolute atomic E-state index is 13.1. The summed E-state index contributed by atoms with van der Waals surface area (Å²) in [5, 5.41) is 2.57. The van der Waals surface area contributed by atoms with Gasteiger partial charge in [-0.05, 0) is 24.3 Å². The number of nitrogens with one attached hydrogen (secondary N) is 1. The highest BCUT2D eigenvalue weighted by Crippen LogP contribution is 2.31. The third-order valence-corrected chi connectivity index (χ3v) is 5.81. The summed E-state index contributed by atoms with van der Waals surface area (Å²) < 4.78 is 15.3. The summed E-state index contributed by atoms with van der Waals surface area (Å²) in [6.45, 7) is 2.09. The van der Waals surface area contributed by atoms with Crippen LogP contribution in [-0.4, -0.2) is 52.0 Å². The van der Waals surface area contributed by atoms with E-state index in [-0.39, 0.29) is 29.5 Å². The fourth-order valence-electron chi connectivity index (χ4n) is 4.03. The van der Waals surface area contributed by atoms with Crippen LogP contribution < -0.4 is 21.5 Å². The number of benzene rings is 1. The van der Waals surface area contributed by atoms with Gasteiger partial charge in [0, 0.05) is 52.4 Å². The van der Waals surface area contributed by atoms with E-state index in [9.17, 15) is 23.6 Å². The molecule has 0 saturated carbocycles. The van der Waals surface area contributed by atoms with Crippen molar-refractivity contribution in [2.75, 3.05) is 36.4 Å². The molecule has 30 heavy (non-hydrogen) atoms. The molecule has 2 aliphatic heterocycles. The smallest absolute Gasteiger partial charge is 0.332 e. The van der Waals surface area contributed by atoms with Crippen molar-refractivity contribution in [1.29, 1.82) is 0 Å². The van der Waals surface area contributed by atoms with Crippen LogP contribution in [0.15, 0.2) is 33.9 Å². The van der Waals surface area contributed by atoms with Crippen molar-refractivity contribution in [1.82, 2.24) is 14.0 Å². The van der Waals surface area contributed by atoms with Gasteiger partial charge in [-0.1, -0.05) is 0 Å². The minimum atomic E-state index is -0.923. The van der Waals surface area contributed by atoms with Crippen LogP contribution in [0.25, 0.3) is 0 Å². The van der Waals surface area contributed by atoms with Gasteiger partial charge >= 0.3 is 5.69 Å². The molecule has 2 amide bonds. The SMILES string of the molecule is Cn1c2c(c(=O)n(C)c1=O)[C@H](CC(=O)N1CCN(c3ccc(F)cc3)CC1)C(=O)N2. The van der Waals surface area contributed by atoms with E-state index in [4.69, 9.17) is 0 Å². The van der Waals surface area contributed by atoms with E-state index in [0.29, 0.717) is 26.2 Å². The van der Waals surface area contributed by atoms with E-state index in [2.05, 4.69) is 10.2 Å². The molecular formula is C20H22FN5O4. The monoisotopic (exact) mass is 415 g/mol. The molecule has 158 valence electrons. The van der Waals surface area contributed by atoms with Gasteiger partial charge in [0.05, 0.1) is 11.5 Å². The number of nitrogens with zero attached hydrogens (tertiary/aromatic N) is 4. The molecule has 0 bridgehead atoms. The average molecular weight is 415 g/mol. The van der Waals surface area contributed by atoms with Gasteiger partial charge < -0.3 is 15.1 Å². The van der Waals surface area contributed by atoms with Gasteiger partial charge in [0.15, 0.2) is 0 Å². The van der Waals surface area contributed by atoms with Crippen molar-refractivity contribution in [3.05, 3.63) is 56.5 Å². The van der Waals surface area contributed by atoms with Crippen molar-refractivity contribution >= 4 is 23.3 Å². The molecule has 1 aromatic carbocycles.